The molecule has 0 radical (unpaired) electrons. The van der Waals surface area contributed by atoms with E-state index >= 15 is 0 Å². The van der Waals surface area contributed by atoms with Crippen molar-refractivity contribution in [3.8, 4) is 11.1 Å². The van der Waals surface area contributed by atoms with Crippen molar-refractivity contribution in [1.82, 2.24) is 0 Å². The van der Waals surface area contributed by atoms with Gasteiger partial charge in [0.15, 0.2) is 0 Å². The van der Waals surface area contributed by atoms with Gasteiger partial charge in [-0.25, -0.2) is 4.79 Å². The number of hydrogen-bond donors (Lipinski definition) is 2. The molecular weight excluding hydrogens is 302 g/mol. The van der Waals surface area contributed by atoms with Crippen LogP contribution in [0.2, 0.25) is 0 Å². The van der Waals surface area contributed by atoms with Crippen molar-refractivity contribution in [2.24, 2.45) is 11.1 Å². The molecule has 2 aromatic carbocycles. The molecule has 1 amide bonds. The number of aliphatic hydroxyl groups is 1. The summed E-state index contributed by atoms with van der Waals surface area (Å²) in [5.41, 5.74) is 8.20. The molecule has 0 fully saturated rings. The lowest BCUT2D eigenvalue weighted by Crippen LogP contribution is -2.37. The molecular formula is C20H25NO3. The number of rotatable bonds is 5. The van der Waals surface area contributed by atoms with Crippen LogP contribution >= 0.6 is 0 Å². The van der Waals surface area contributed by atoms with E-state index in [-0.39, 0.29) is 17.9 Å². The highest BCUT2D eigenvalue weighted by atomic mass is 16.6. The molecule has 3 N–H and O–H groups in total. The summed E-state index contributed by atoms with van der Waals surface area (Å²) >= 11 is 0. The van der Waals surface area contributed by atoms with E-state index in [4.69, 9.17) is 10.5 Å². The minimum absolute atomic E-state index is 0.167. The summed E-state index contributed by atoms with van der Waals surface area (Å²) < 4.78 is 5.15. The molecule has 0 saturated carbocycles. The van der Waals surface area contributed by atoms with Crippen LogP contribution in [0.15, 0.2) is 54.6 Å². The van der Waals surface area contributed by atoms with Gasteiger partial charge in [-0.3, -0.25) is 0 Å². The summed E-state index contributed by atoms with van der Waals surface area (Å²) in [6.45, 7) is 5.88. The first-order chi connectivity index (χ1) is 11.3. The zero-order valence-electron chi connectivity index (χ0n) is 14.4. The fourth-order valence-corrected chi connectivity index (χ4v) is 3.15. The second-order valence-electron chi connectivity index (χ2n) is 6.99. The monoisotopic (exact) mass is 327 g/mol. The molecule has 0 aromatic heterocycles. The van der Waals surface area contributed by atoms with Crippen molar-refractivity contribution >= 4 is 6.09 Å². The summed E-state index contributed by atoms with van der Waals surface area (Å²) in [6, 6.07) is 18.2. The normalized spacial score (nSPS) is 14.0. The predicted molar refractivity (Wildman–Crippen MR) is 95.6 cm³/mol. The lowest BCUT2D eigenvalue weighted by atomic mass is 9.73. The molecule has 2 aromatic rings. The second kappa shape index (κ2) is 7.49. The van der Waals surface area contributed by atoms with E-state index in [0.29, 0.717) is 0 Å². The average Bonchev–Trinajstić information content (AvgIpc) is 2.54. The van der Waals surface area contributed by atoms with Crippen LogP contribution in [0.5, 0.6) is 0 Å². The highest BCUT2D eigenvalue weighted by Crippen LogP contribution is 2.39. The van der Waals surface area contributed by atoms with E-state index in [1.165, 1.54) is 0 Å². The van der Waals surface area contributed by atoms with Gasteiger partial charge < -0.3 is 15.6 Å². The maximum absolute atomic E-state index is 11.2. The van der Waals surface area contributed by atoms with Gasteiger partial charge in [-0.2, -0.15) is 0 Å². The molecule has 4 heteroatoms. The summed E-state index contributed by atoms with van der Waals surface area (Å²) in [7, 11) is 0. The highest BCUT2D eigenvalue weighted by molar-refractivity contribution is 5.65. The largest absolute Gasteiger partial charge is 0.443 e. The third kappa shape index (κ3) is 4.36. The standard InChI is InChI=1S/C20H25NO3/c1-20(2,3)18(17(13-22)24-19(21)23)16-11-9-15(10-12-16)14-7-5-4-6-8-14/h4-12,17-18,22H,13H2,1-3H3,(H2,21,23). The number of benzene rings is 2. The fourth-order valence-electron chi connectivity index (χ4n) is 3.15. The van der Waals surface area contributed by atoms with Crippen molar-refractivity contribution in [2.75, 3.05) is 6.61 Å². The Morgan fingerprint density at radius 2 is 1.58 bits per heavy atom. The molecule has 0 saturated heterocycles. The van der Waals surface area contributed by atoms with Gasteiger partial charge in [-0.05, 0) is 22.1 Å². The van der Waals surface area contributed by atoms with E-state index in [2.05, 4.69) is 32.9 Å². The van der Waals surface area contributed by atoms with E-state index in [1.54, 1.807) is 0 Å². The highest BCUT2D eigenvalue weighted by Gasteiger charge is 2.35. The van der Waals surface area contributed by atoms with E-state index in [1.807, 2.05) is 42.5 Å². The van der Waals surface area contributed by atoms with Crippen LogP contribution in [0.3, 0.4) is 0 Å². The number of nitrogens with two attached hydrogens (primary N) is 1. The smallest absolute Gasteiger partial charge is 0.404 e. The van der Waals surface area contributed by atoms with Gasteiger partial charge >= 0.3 is 6.09 Å². The Labute approximate surface area is 143 Å². The van der Waals surface area contributed by atoms with Gasteiger partial charge in [0.25, 0.3) is 0 Å². The van der Waals surface area contributed by atoms with Crippen LogP contribution in [0.1, 0.15) is 32.3 Å². The number of hydrogen-bond acceptors (Lipinski definition) is 3. The van der Waals surface area contributed by atoms with Crippen LogP contribution in [-0.2, 0) is 4.74 Å². The summed E-state index contributed by atoms with van der Waals surface area (Å²) in [4.78, 5) is 11.2. The molecule has 4 nitrogen and oxygen atoms in total. The number of aliphatic hydroxyl groups excluding tert-OH is 1. The van der Waals surface area contributed by atoms with Gasteiger partial charge in [0.2, 0.25) is 0 Å². The molecule has 2 atom stereocenters. The predicted octanol–water partition coefficient (Wildman–Crippen LogP) is 3.94. The summed E-state index contributed by atoms with van der Waals surface area (Å²) in [5, 5.41) is 9.67. The molecule has 128 valence electrons. The third-order valence-corrected chi connectivity index (χ3v) is 4.13. The molecule has 2 unspecified atom stereocenters. The fraction of sp³-hybridized carbons (Fsp3) is 0.350. The Kier molecular flexibility index (Phi) is 5.62. The van der Waals surface area contributed by atoms with E-state index in [0.717, 1.165) is 16.7 Å². The van der Waals surface area contributed by atoms with Crippen LogP contribution in [-0.4, -0.2) is 23.9 Å². The van der Waals surface area contributed by atoms with Gasteiger partial charge in [-0.1, -0.05) is 75.4 Å². The van der Waals surface area contributed by atoms with Crippen LogP contribution in [0, 0.1) is 5.41 Å². The van der Waals surface area contributed by atoms with Crippen molar-refractivity contribution in [2.45, 2.75) is 32.8 Å². The minimum atomic E-state index is -0.871. The minimum Gasteiger partial charge on any atom is -0.443 e. The first-order valence-electron chi connectivity index (χ1n) is 8.05. The molecule has 0 aliphatic rings. The maximum Gasteiger partial charge on any atom is 0.404 e. The molecule has 0 aliphatic heterocycles. The first-order valence-corrected chi connectivity index (χ1v) is 8.05. The zero-order chi connectivity index (χ0) is 17.7. The molecule has 24 heavy (non-hydrogen) atoms. The van der Waals surface area contributed by atoms with Gasteiger partial charge in [-0.15, -0.1) is 0 Å². The number of primary amides is 1. The van der Waals surface area contributed by atoms with Gasteiger partial charge in [0.05, 0.1) is 6.61 Å². The number of ether oxygens (including phenoxy) is 1. The first kappa shape index (κ1) is 18.0. The molecule has 0 bridgehead atoms. The maximum atomic E-state index is 11.2. The molecule has 0 heterocycles. The Hall–Kier alpha value is -2.33. The Morgan fingerprint density at radius 3 is 2.04 bits per heavy atom. The van der Waals surface area contributed by atoms with Crippen molar-refractivity contribution in [3.63, 3.8) is 0 Å². The summed E-state index contributed by atoms with van der Waals surface area (Å²) in [6.07, 6.45) is -1.55. The van der Waals surface area contributed by atoms with E-state index in [9.17, 15) is 9.90 Å². The quantitative estimate of drug-likeness (QED) is 0.873. The molecule has 0 aliphatic carbocycles. The Balaban J connectivity index is 2.35. The topological polar surface area (TPSA) is 72.6 Å². The van der Waals surface area contributed by atoms with Crippen molar-refractivity contribution < 1.29 is 14.6 Å². The summed E-state index contributed by atoms with van der Waals surface area (Å²) in [5.74, 6) is -0.167. The Bertz CT molecular complexity index is 660. The van der Waals surface area contributed by atoms with Crippen LogP contribution < -0.4 is 5.73 Å². The lowest BCUT2D eigenvalue weighted by molar-refractivity contribution is 0.0205. The number of carbonyl (C=O) groups is 1. The van der Waals surface area contributed by atoms with Crippen molar-refractivity contribution in [3.05, 3.63) is 60.2 Å². The van der Waals surface area contributed by atoms with Gasteiger partial charge in [0.1, 0.15) is 6.10 Å². The lowest BCUT2D eigenvalue weighted by Gasteiger charge is -2.36. The second-order valence-corrected chi connectivity index (χ2v) is 6.99. The zero-order valence-corrected chi connectivity index (χ0v) is 14.4. The van der Waals surface area contributed by atoms with Crippen LogP contribution in [0.25, 0.3) is 11.1 Å². The van der Waals surface area contributed by atoms with Gasteiger partial charge in [0, 0.05) is 5.92 Å². The Morgan fingerprint density at radius 1 is 1.04 bits per heavy atom. The van der Waals surface area contributed by atoms with Crippen molar-refractivity contribution in [1.29, 1.82) is 0 Å². The SMILES string of the molecule is CC(C)(C)C(c1ccc(-c2ccccc2)cc1)C(CO)OC(N)=O. The molecule has 2 rings (SSSR count). The third-order valence-electron chi connectivity index (χ3n) is 4.13. The average molecular weight is 327 g/mol. The number of carbonyl (C=O) groups excluding carboxylic acids is 1. The molecule has 0 spiro atoms. The number of amides is 1. The van der Waals surface area contributed by atoms with E-state index < -0.39 is 12.2 Å². The van der Waals surface area contributed by atoms with Crippen LogP contribution in [0.4, 0.5) is 4.79 Å².